The Hall–Kier alpha value is -2.08. The van der Waals surface area contributed by atoms with Crippen molar-refractivity contribution in [1.29, 1.82) is 0 Å². The number of carbonyl (C=O) groups is 2. The number of ether oxygens (including phenoxy) is 2. The molecule has 0 spiro atoms. The average molecular weight is 447 g/mol. The maximum atomic E-state index is 12.7. The first-order chi connectivity index (χ1) is 15.2. The second-order valence-corrected chi connectivity index (χ2v) is 10.0. The monoisotopic (exact) mass is 446 g/mol. The van der Waals surface area contributed by atoms with Crippen LogP contribution in [0.2, 0.25) is 0 Å². The zero-order valence-corrected chi connectivity index (χ0v) is 20.6. The number of benzene rings is 1. The summed E-state index contributed by atoms with van der Waals surface area (Å²) in [6, 6.07) is 10.3. The number of nitrogens with zero attached hydrogens (tertiary/aromatic N) is 2. The van der Waals surface area contributed by atoms with Gasteiger partial charge in [0, 0.05) is 38.7 Å². The Morgan fingerprint density at radius 2 is 1.88 bits per heavy atom. The lowest BCUT2D eigenvalue weighted by molar-refractivity contribution is -0.133. The highest BCUT2D eigenvalue weighted by Gasteiger charge is 2.30. The van der Waals surface area contributed by atoms with Gasteiger partial charge in [0.1, 0.15) is 5.60 Å². The highest BCUT2D eigenvalue weighted by Crippen LogP contribution is 2.21. The van der Waals surface area contributed by atoms with Crippen molar-refractivity contribution < 1.29 is 19.1 Å². The fourth-order valence-corrected chi connectivity index (χ4v) is 3.96. The Bertz CT molecular complexity index is 700. The number of hydrogen-bond acceptors (Lipinski definition) is 4. The second-order valence-electron chi connectivity index (χ2n) is 10.0. The van der Waals surface area contributed by atoms with Crippen LogP contribution in [0.3, 0.4) is 0 Å². The van der Waals surface area contributed by atoms with E-state index in [2.05, 4.69) is 12.1 Å². The molecule has 1 saturated heterocycles. The van der Waals surface area contributed by atoms with Gasteiger partial charge in [-0.3, -0.25) is 4.79 Å². The quantitative estimate of drug-likeness (QED) is 0.479. The van der Waals surface area contributed by atoms with Gasteiger partial charge in [-0.05, 0) is 71.8 Å². The SMILES string of the molecule is CC(C)N(CC1CCCN(C(=O)CCCOCCc2ccccc2)C1)C(=O)OC(C)(C)C. The lowest BCUT2D eigenvalue weighted by Crippen LogP contribution is -2.48. The molecule has 0 bridgehead atoms. The molecule has 6 heteroatoms. The van der Waals surface area contributed by atoms with Crippen molar-refractivity contribution in [3.63, 3.8) is 0 Å². The molecule has 0 radical (unpaired) electrons. The van der Waals surface area contributed by atoms with Crippen molar-refractivity contribution in [3.05, 3.63) is 35.9 Å². The van der Waals surface area contributed by atoms with E-state index >= 15 is 0 Å². The minimum atomic E-state index is -0.512. The third kappa shape index (κ3) is 9.60. The summed E-state index contributed by atoms with van der Waals surface area (Å²) < 4.78 is 11.3. The summed E-state index contributed by atoms with van der Waals surface area (Å²) in [6.07, 6.45) is 3.88. The molecular formula is C26H42N2O4. The van der Waals surface area contributed by atoms with Gasteiger partial charge in [-0.1, -0.05) is 30.3 Å². The molecule has 1 aliphatic rings. The summed E-state index contributed by atoms with van der Waals surface area (Å²) in [5.74, 6) is 0.472. The molecule has 180 valence electrons. The van der Waals surface area contributed by atoms with Crippen LogP contribution in [0.25, 0.3) is 0 Å². The van der Waals surface area contributed by atoms with Crippen molar-refractivity contribution in [1.82, 2.24) is 9.80 Å². The van der Waals surface area contributed by atoms with Crippen LogP contribution in [-0.2, 0) is 20.7 Å². The molecule has 1 unspecified atom stereocenters. The van der Waals surface area contributed by atoms with E-state index in [1.165, 1.54) is 5.56 Å². The normalized spacial score (nSPS) is 16.8. The van der Waals surface area contributed by atoms with Crippen molar-refractivity contribution in [2.45, 2.75) is 78.4 Å². The summed E-state index contributed by atoms with van der Waals surface area (Å²) in [5, 5.41) is 0. The van der Waals surface area contributed by atoms with Gasteiger partial charge in [0.05, 0.1) is 6.61 Å². The maximum Gasteiger partial charge on any atom is 0.410 e. The van der Waals surface area contributed by atoms with Crippen molar-refractivity contribution in [2.24, 2.45) is 5.92 Å². The van der Waals surface area contributed by atoms with Gasteiger partial charge >= 0.3 is 6.09 Å². The average Bonchev–Trinajstić information content (AvgIpc) is 2.73. The first-order valence-electron chi connectivity index (χ1n) is 12.0. The summed E-state index contributed by atoms with van der Waals surface area (Å²) in [6.45, 7) is 13.1. The minimum absolute atomic E-state index is 0.0592. The van der Waals surface area contributed by atoms with Gasteiger partial charge in [0.2, 0.25) is 5.91 Å². The summed E-state index contributed by atoms with van der Waals surface area (Å²) in [7, 11) is 0. The number of rotatable bonds is 10. The van der Waals surface area contributed by atoms with Crippen molar-refractivity contribution >= 4 is 12.0 Å². The van der Waals surface area contributed by atoms with Crippen molar-refractivity contribution in [2.75, 3.05) is 32.8 Å². The predicted molar refractivity (Wildman–Crippen MR) is 128 cm³/mol. The predicted octanol–water partition coefficient (Wildman–Crippen LogP) is 4.91. The Morgan fingerprint density at radius 1 is 1.16 bits per heavy atom. The van der Waals surface area contributed by atoms with E-state index in [-0.39, 0.29) is 24.0 Å². The van der Waals surface area contributed by atoms with Gasteiger partial charge in [-0.15, -0.1) is 0 Å². The van der Waals surface area contributed by atoms with E-state index in [0.717, 1.165) is 32.2 Å². The number of carbonyl (C=O) groups excluding carboxylic acids is 2. The van der Waals surface area contributed by atoms with Crippen LogP contribution >= 0.6 is 0 Å². The lowest BCUT2D eigenvalue weighted by Gasteiger charge is -2.37. The molecule has 0 aromatic heterocycles. The fraction of sp³-hybridized carbons (Fsp3) is 0.692. The van der Waals surface area contributed by atoms with E-state index in [0.29, 0.717) is 32.7 Å². The molecule has 1 aliphatic heterocycles. The molecule has 1 aromatic carbocycles. The highest BCUT2D eigenvalue weighted by molar-refractivity contribution is 5.76. The first kappa shape index (κ1) is 26.2. The molecule has 32 heavy (non-hydrogen) atoms. The van der Waals surface area contributed by atoms with Gasteiger partial charge in [0.25, 0.3) is 0 Å². The molecule has 1 heterocycles. The van der Waals surface area contributed by atoms with E-state index in [4.69, 9.17) is 9.47 Å². The number of piperidine rings is 1. The topological polar surface area (TPSA) is 59.1 Å². The van der Waals surface area contributed by atoms with Gasteiger partial charge in [-0.2, -0.15) is 0 Å². The molecule has 0 N–H and O–H groups in total. The van der Waals surface area contributed by atoms with E-state index in [9.17, 15) is 9.59 Å². The lowest BCUT2D eigenvalue weighted by atomic mass is 9.96. The molecule has 1 fully saturated rings. The molecule has 2 rings (SSSR count). The first-order valence-corrected chi connectivity index (χ1v) is 12.0. The second kappa shape index (κ2) is 12.8. The van der Waals surface area contributed by atoms with Crippen LogP contribution in [0.15, 0.2) is 30.3 Å². The Morgan fingerprint density at radius 3 is 2.53 bits per heavy atom. The van der Waals surface area contributed by atoms with Gasteiger partial charge < -0.3 is 19.3 Å². The number of amides is 2. The third-order valence-corrected chi connectivity index (χ3v) is 5.64. The maximum absolute atomic E-state index is 12.7. The number of likely N-dealkylation sites (tertiary alicyclic amines) is 1. The van der Waals surface area contributed by atoms with Crippen LogP contribution in [0.5, 0.6) is 0 Å². The zero-order chi connectivity index (χ0) is 23.6. The molecular weight excluding hydrogens is 404 g/mol. The minimum Gasteiger partial charge on any atom is -0.444 e. The number of hydrogen-bond donors (Lipinski definition) is 0. The van der Waals surface area contributed by atoms with E-state index in [1.807, 2.05) is 57.7 Å². The van der Waals surface area contributed by atoms with E-state index < -0.39 is 5.60 Å². The molecule has 6 nitrogen and oxygen atoms in total. The summed E-state index contributed by atoms with van der Waals surface area (Å²) in [5.41, 5.74) is 0.756. The third-order valence-electron chi connectivity index (χ3n) is 5.64. The van der Waals surface area contributed by atoms with Crippen LogP contribution in [-0.4, -0.2) is 66.3 Å². The summed E-state index contributed by atoms with van der Waals surface area (Å²) in [4.78, 5) is 29.1. The van der Waals surface area contributed by atoms with Crippen molar-refractivity contribution in [3.8, 4) is 0 Å². The highest BCUT2D eigenvalue weighted by atomic mass is 16.6. The van der Waals surface area contributed by atoms with Crippen LogP contribution in [0.4, 0.5) is 4.79 Å². The summed E-state index contributed by atoms with van der Waals surface area (Å²) >= 11 is 0. The van der Waals surface area contributed by atoms with Gasteiger partial charge in [0.15, 0.2) is 0 Å². The molecule has 1 aromatic rings. The Labute approximate surface area is 194 Å². The fourth-order valence-electron chi connectivity index (χ4n) is 3.96. The van der Waals surface area contributed by atoms with Gasteiger partial charge in [-0.25, -0.2) is 4.79 Å². The van der Waals surface area contributed by atoms with Crippen LogP contribution < -0.4 is 0 Å². The Kier molecular flexibility index (Phi) is 10.5. The Balaban J connectivity index is 1.71. The zero-order valence-electron chi connectivity index (χ0n) is 20.6. The molecule has 0 aliphatic carbocycles. The van der Waals surface area contributed by atoms with Crippen LogP contribution in [0, 0.1) is 5.92 Å². The molecule has 0 saturated carbocycles. The molecule has 2 amide bonds. The smallest absolute Gasteiger partial charge is 0.410 e. The van der Waals surface area contributed by atoms with E-state index in [1.54, 1.807) is 4.90 Å². The standard InChI is InChI=1S/C26H42N2O4/c1-21(2)28(25(30)32-26(3,4)5)20-23-13-9-16-27(19-23)24(29)14-10-17-31-18-15-22-11-7-6-8-12-22/h6-8,11-12,21,23H,9-10,13-20H2,1-5H3. The van der Waals surface area contributed by atoms with Crippen LogP contribution in [0.1, 0.15) is 65.9 Å². The molecule has 1 atom stereocenters. The largest absolute Gasteiger partial charge is 0.444 e.